The van der Waals surface area contributed by atoms with Crippen LogP contribution in [-0.4, -0.2) is 30.1 Å². The summed E-state index contributed by atoms with van der Waals surface area (Å²) in [5.41, 5.74) is 0.754. The van der Waals surface area contributed by atoms with E-state index in [0.717, 1.165) is 18.4 Å². The predicted molar refractivity (Wildman–Crippen MR) is 111 cm³/mol. The summed E-state index contributed by atoms with van der Waals surface area (Å²) in [6, 6.07) is 6.24. The van der Waals surface area contributed by atoms with Crippen LogP contribution in [0.3, 0.4) is 0 Å². The molecule has 0 radical (unpaired) electrons. The van der Waals surface area contributed by atoms with Gasteiger partial charge < -0.3 is 9.47 Å². The lowest BCUT2D eigenvalue weighted by molar-refractivity contribution is -0.384. The first-order valence-electron chi connectivity index (χ1n) is 10.6. The van der Waals surface area contributed by atoms with Gasteiger partial charge in [0.1, 0.15) is 0 Å². The number of carbonyl (C=O) groups excluding carboxylic acids is 2. The Bertz CT molecular complexity index is 631. The van der Waals surface area contributed by atoms with Crippen LogP contribution in [0.15, 0.2) is 24.3 Å². The summed E-state index contributed by atoms with van der Waals surface area (Å²) in [4.78, 5) is 33.7. The zero-order valence-corrected chi connectivity index (χ0v) is 17.4. The monoisotopic (exact) mass is 407 g/mol. The molecule has 0 saturated carbocycles. The van der Waals surface area contributed by atoms with Crippen molar-refractivity contribution >= 4 is 17.6 Å². The van der Waals surface area contributed by atoms with E-state index < -0.39 is 4.92 Å². The number of carbonyl (C=O) groups is 2. The number of hydrogen-bond acceptors (Lipinski definition) is 6. The van der Waals surface area contributed by atoms with Crippen molar-refractivity contribution in [1.82, 2.24) is 0 Å². The first kappa shape index (κ1) is 24.6. The van der Waals surface area contributed by atoms with E-state index in [1.54, 1.807) is 12.1 Å². The zero-order chi connectivity index (χ0) is 21.3. The van der Waals surface area contributed by atoms with Crippen LogP contribution in [0.2, 0.25) is 0 Å². The van der Waals surface area contributed by atoms with Gasteiger partial charge in [-0.1, -0.05) is 57.6 Å². The average molecular weight is 408 g/mol. The number of nitro benzene ring substituents is 1. The molecular weight excluding hydrogens is 374 g/mol. The van der Waals surface area contributed by atoms with Crippen LogP contribution < -0.4 is 0 Å². The van der Waals surface area contributed by atoms with Gasteiger partial charge in [-0.05, 0) is 18.4 Å². The van der Waals surface area contributed by atoms with Crippen LogP contribution in [0.5, 0.6) is 0 Å². The molecule has 0 aliphatic heterocycles. The summed E-state index contributed by atoms with van der Waals surface area (Å²) in [5, 5.41) is 10.7. The molecular formula is C22H33NO6. The van der Waals surface area contributed by atoms with Gasteiger partial charge in [-0.3, -0.25) is 19.7 Å². The third kappa shape index (κ3) is 12.6. The van der Waals surface area contributed by atoms with Crippen molar-refractivity contribution < 1.29 is 24.0 Å². The van der Waals surface area contributed by atoms with E-state index in [0.29, 0.717) is 19.4 Å². The maximum absolute atomic E-state index is 11.7. The Morgan fingerprint density at radius 3 is 2.17 bits per heavy atom. The van der Waals surface area contributed by atoms with Crippen LogP contribution in [0.4, 0.5) is 5.69 Å². The molecule has 0 bridgehead atoms. The second-order valence-electron chi connectivity index (χ2n) is 7.09. The molecule has 0 aliphatic rings. The van der Waals surface area contributed by atoms with Gasteiger partial charge in [0.15, 0.2) is 0 Å². The molecule has 0 fully saturated rings. The minimum absolute atomic E-state index is 0.0174. The topological polar surface area (TPSA) is 95.7 Å². The van der Waals surface area contributed by atoms with E-state index >= 15 is 0 Å². The molecule has 162 valence electrons. The molecule has 0 aliphatic carbocycles. The molecule has 0 N–H and O–H groups in total. The van der Waals surface area contributed by atoms with E-state index in [1.165, 1.54) is 44.2 Å². The summed E-state index contributed by atoms with van der Waals surface area (Å²) in [5.74, 6) is -0.657. The summed E-state index contributed by atoms with van der Waals surface area (Å²) in [7, 11) is 0. The van der Waals surface area contributed by atoms with Crippen LogP contribution in [0.25, 0.3) is 0 Å². The molecule has 0 atom stereocenters. The molecule has 1 aromatic carbocycles. The second kappa shape index (κ2) is 15.5. The van der Waals surface area contributed by atoms with Crippen molar-refractivity contribution in [2.24, 2.45) is 0 Å². The fourth-order valence-electron chi connectivity index (χ4n) is 2.87. The Hall–Kier alpha value is -2.44. The number of esters is 2. The highest BCUT2D eigenvalue weighted by Gasteiger charge is 2.09. The Morgan fingerprint density at radius 1 is 0.897 bits per heavy atom. The molecule has 0 unspecified atom stereocenters. The number of unbranched alkanes of at least 4 members (excludes halogenated alkanes) is 6. The highest BCUT2D eigenvalue weighted by Crippen LogP contribution is 2.13. The van der Waals surface area contributed by atoms with Crippen LogP contribution in [0.1, 0.15) is 76.7 Å². The van der Waals surface area contributed by atoms with Gasteiger partial charge in [-0.15, -0.1) is 0 Å². The summed E-state index contributed by atoms with van der Waals surface area (Å²) in [6.07, 6.45) is 9.35. The highest BCUT2D eigenvalue weighted by atomic mass is 16.6. The van der Waals surface area contributed by atoms with Gasteiger partial charge >= 0.3 is 11.9 Å². The lowest BCUT2D eigenvalue weighted by Gasteiger charge is -2.06. The van der Waals surface area contributed by atoms with Gasteiger partial charge in [-0.2, -0.15) is 0 Å². The first-order valence-corrected chi connectivity index (χ1v) is 10.6. The predicted octanol–water partition coefficient (Wildman–Crippen LogP) is 5.14. The number of benzene rings is 1. The molecule has 0 spiro atoms. The molecule has 0 saturated heterocycles. The molecule has 0 aromatic heterocycles. The van der Waals surface area contributed by atoms with Gasteiger partial charge in [0.05, 0.1) is 18.1 Å². The molecule has 7 nitrogen and oxygen atoms in total. The van der Waals surface area contributed by atoms with Crippen molar-refractivity contribution in [2.75, 3.05) is 13.2 Å². The summed E-state index contributed by atoms with van der Waals surface area (Å²) in [6.45, 7) is 2.79. The van der Waals surface area contributed by atoms with Gasteiger partial charge in [-0.25, -0.2) is 0 Å². The van der Waals surface area contributed by atoms with Crippen LogP contribution in [0, 0.1) is 10.1 Å². The van der Waals surface area contributed by atoms with E-state index in [9.17, 15) is 19.7 Å². The summed E-state index contributed by atoms with van der Waals surface area (Å²) >= 11 is 0. The molecule has 7 heteroatoms. The normalized spacial score (nSPS) is 10.5. The van der Waals surface area contributed by atoms with Gasteiger partial charge in [0, 0.05) is 31.4 Å². The lowest BCUT2D eigenvalue weighted by Crippen LogP contribution is -2.10. The lowest BCUT2D eigenvalue weighted by atomic mass is 10.1. The minimum Gasteiger partial charge on any atom is -0.466 e. The smallest absolute Gasteiger partial charge is 0.305 e. The third-order valence-electron chi connectivity index (χ3n) is 4.55. The Morgan fingerprint density at radius 2 is 1.52 bits per heavy atom. The van der Waals surface area contributed by atoms with Gasteiger partial charge in [0.25, 0.3) is 5.69 Å². The number of rotatable bonds is 16. The van der Waals surface area contributed by atoms with Crippen molar-refractivity contribution in [2.45, 2.75) is 77.6 Å². The maximum Gasteiger partial charge on any atom is 0.305 e. The Kier molecular flexibility index (Phi) is 13.1. The highest BCUT2D eigenvalue weighted by molar-refractivity contribution is 5.72. The number of hydrogen-bond donors (Lipinski definition) is 0. The number of ether oxygens (including phenoxy) is 2. The standard InChI is InChI=1S/C22H33NO6/c1-2-3-4-5-6-7-8-16-28-21(24)13-10-14-22(25)29-17-15-19-11-9-12-20(18-19)23(26)27/h9,11-12,18H,2-8,10,13-17H2,1H3. The first-order chi connectivity index (χ1) is 14.0. The Balaban J connectivity index is 2.02. The second-order valence-corrected chi connectivity index (χ2v) is 7.09. The number of nitro groups is 1. The molecule has 1 aromatic rings. The SMILES string of the molecule is CCCCCCCCCOC(=O)CCCC(=O)OCCc1cccc([N+](=O)[O-])c1. The Labute approximate surface area is 172 Å². The fourth-order valence-corrected chi connectivity index (χ4v) is 2.87. The van der Waals surface area contributed by atoms with Crippen LogP contribution in [-0.2, 0) is 25.5 Å². The van der Waals surface area contributed by atoms with E-state index in [2.05, 4.69) is 6.92 Å². The fraction of sp³-hybridized carbons (Fsp3) is 0.636. The van der Waals surface area contributed by atoms with Crippen LogP contribution >= 0.6 is 0 Å². The van der Waals surface area contributed by atoms with Crippen molar-refractivity contribution in [1.29, 1.82) is 0 Å². The molecule has 1 rings (SSSR count). The van der Waals surface area contributed by atoms with E-state index in [1.807, 2.05) is 0 Å². The van der Waals surface area contributed by atoms with Crippen molar-refractivity contribution in [3.05, 3.63) is 39.9 Å². The quantitative estimate of drug-likeness (QED) is 0.163. The van der Waals surface area contributed by atoms with E-state index in [4.69, 9.17) is 9.47 Å². The number of nitrogens with zero attached hydrogens (tertiary/aromatic N) is 1. The molecule has 0 amide bonds. The van der Waals surface area contributed by atoms with E-state index in [-0.39, 0.29) is 37.1 Å². The van der Waals surface area contributed by atoms with Gasteiger partial charge in [0.2, 0.25) is 0 Å². The third-order valence-corrected chi connectivity index (χ3v) is 4.55. The number of non-ortho nitro benzene ring substituents is 1. The maximum atomic E-state index is 11.7. The molecule has 0 heterocycles. The minimum atomic E-state index is -0.456. The summed E-state index contributed by atoms with van der Waals surface area (Å²) < 4.78 is 10.3. The van der Waals surface area contributed by atoms with Crippen molar-refractivity contribution in [3.63, 3.8) is 0 Å². The zero-order valence-electron chi connectivity index (χ0n) is 17.4. The van der Waals surface area contributed by atoms with Crippen molar-refractivity contribution in [3.8, 4) is 0 Å². The average Bonchev–Trinajstić information content (AvgIpc) is 2.70. The molecule has 29 heavy (non-hydrogen) atoms. The largest absolute Gasteiger partial charge is 0.466 e.